The van der Waals surface area contributed by atoms with Crippen LogP contribution in [0.15, 0.2) is 34.8 Å². The highest BCUT2D eigenvalue weighted by Gasteiger charge is 1.96. The molecule has 0 amide bonds. The number of nitrogen functional groups attached to an aromatic ring is 1. The molecule has 0 aliphatic rings. The molecule has 5 heteroatoms. The quantitative estimate of drug-likeness (QED) is 0.563. The number of carboxylic acids is 1. The third-order valence-corrected chi connectivity index (χ3v) is 2.03. The monoisotopic (exact) mass is 196 g/mol. The number of thioether (sulfide) groups is 1. The minimum atomic E-state index is -0.984. The van der Waals surface area contributed by atoms with Gasteiger partial charge < -0.3 is 10.8 Å². The summed E-state index contributed by atoms with van der Waals surface area (Å²) in [6.07, 6.45) is 2.64. The van der Waals surface area contributed by atoms with Crippen molar-refractivity contribution in [1.29, 1.82) is 0 Å². The normalized spacial score (nSPS) is 10.5. The molecule has 0 aliphatic carbocycles. The van der Waals surface area contributed by atoms with Crippen molar-refractivity contribution in [2.45, 2.75) is 5.03 Å². The summed E-state index contributed by atoms with van der Waals surface area (Å²) in [6.45, 7) is 0. The zero-order valence-corrected chi connectivity index (χ0v) is 7.49. The van der Waals surface area contributed by atoms with E-state index < -0.39 is 5.97 Å². The van der Waals surface area contributed by atoms with Gasteiger partial charge in [0.15, 0.2) is 0 Å². The molecule has 1 rings (SSSR count). The lowest BCUT2D eigenvalue weighted by molar-refractivity contribution is -0.131. The van der Waals surface area contributed by atoms with Crippen LogP contribution in [0.25, 0.3) is 0 Å². The van der Waals surface area contributed by atoms with Crippen molar-refractivity contribution < 1.29 is 9.90 Å². The van der Waals surface area contributed by atoms with Crippen molar-refractivity contribution >= 4 is 23.4 Å². The minimum Gasteiger partial charge on any atom is -0.478 e. The number of hydrogen-bond donors (Lipinski definition) is 2. The number of carboxylic acid groups (broad SMARTS) is 1. The Balaban J connectivity index is 2.64. The van der Waals surface area contributed by atoms with E-state index in [4.69, 9.17) is 10.8 Å². The number of nitrogens with two attached hydrogens (primary N) is 1. The van der Waals surface area contributed by atoms with E-state index in [1.54, 1.807) is 18.3 Å². The third-order valence-electron chi connectivity index (χ3n) is 1.19. The summed E-state index contributed by atoms with van der Waals surface area (Å²) in [7, 11) is 0. The van der Waals surface area contributed by atoms with Crippen molar-refractivity contribution in [2.24, 2.45) is 0 Å². The fourth-order valence-corrected chi connectivity index (χ4v) is 1.30. The van der Waals surface area contributed by atoms with E-state index in [1.165, 1.54) is 17.2 Å². The molecule has 0 aromatic carbocycles. The highest BCUT2D eigenvalue weighted by Crippen LogP contribution is 2.22. The Bertz CT molecular complexity index is 339. The Labute approximate surface area is 79.5 Å². The number of carbonyl (C=O) groups is 1. The summed E-state index contributed by atoms with van der Waals surface area (Å²) in [5.74, 6) is -0.984. The second kappa shape index (κ2) is 4.51. The molecule has 3 N–H and O–H groups in total. The molecule has 0 saturated heterocycles. The average Bonchev–Trinajstić information content (AvgIpc) is 2.08. The van der Waals surface area contributed by atoms with E-state index in [0.717, 1.165) is 6.08 Å². The summed E-state index contributed by atoms with van der Waals surface area (Å²) >= 11 is 1.18. The van der Waals surface area contributed by atoms with Gasteiger partial charge in [-0.2, -0.15) is 0 Å². The predicted molar refractivity (Wildman–Crippen MR) is 51.3 cm³/mol. The lowest BCUT2D eigenvalue weighted by atomic mass is 10.4. The number of pyridine rings is 1. The molecule has 1 aromatic heterocycles. The van der Waals surface area contributed by atoms with Gasteiger partial charge in [0, 0.05) is 12.3 Å². The average molecular weight is 196 g/mol. The summed E-state index contributed by atoms with van der Waals surface area (Å²) in [5, 5.41) is 10.4. The van der Waals surface area contributed by atoms with Crippen LogP contribution >= 0.6 is 11.8 Å². The molecule has 68 valence electrons. The van der Waals surface area contributed by atoms with Crippen molar-refractivity contribution in [3.05, 3.63) is 29.8 Å². The largest absolute Gasteiger partial charge is 0.478 e. The standard InChI is InChI=1S/C8H8N2O2S/c9-6-2-1-4-10-8(6)13-5-3-7(11)12/h1-5H,9H2,(H,11,12). The number of hydrogen-bond acceptors (Lipinski definition) is 4. The Hall–Kier alpha value is -1.49. The zero-order chi connectivity index (χ0) is 9.68. The van der Waals surface area contributed by atoms with Crippen LogP contribution in [-0.2, 0) is 4.79 Å². The molecule has 1 aromatic rings. The first-order valence-electron chi connectivity index (χ1n) is 3.47. The van der Waals surface area contributed by atoms with Gasteiger partial charge in [-0.05, 0) is 17.5 Å². The molecule has 0 bridgehead atoms. The van der Waals surface area contributed by atoms with E-state index >= 15 is 0 Å². The molecule has 0 saturated carbocycles. The fraction of sp³-hybridized carbons (Fsp3) is 0. The molecular weight excluding hydrogens is 188 g/mol. The van der Waals surface area contributed by atoms with E-state index in [-0.39, 0.29) is 0 Å². The van der Waals surface area contributed by atoms with E-state index in [0.29, 0.717) is 10.7 Å². The van der Waals surface area contributed by atoms with Crippen LogP contribution in [0.5, 0.6) is 0 Å². The first-order valence-corrected chi connectivity index (χ1v) is 4.35. The smallest absolute Gasteiger partial charge is 0.328 e. The lowest BCUT2D eigenvalue weighted by Crippen LogP contribution is -1.89. The van der Waals surface area contributed by atoms with Crippen molar-refractivity contribution in [3.8, 4) is 0 Å². The van der Waals surface area contributed by atoms with Gasteiger partial charge in [0.1, 0.15) is 5.03 Å². The van der Waals surface area contributed by atoms with Gasteiger partial charge >= 0.3 is 5.97 Å². The zero-order valence-electron chi connectivity index (χ0n) is 6.68. The Morgan fingerprint density at radius 3 is 3.08 bits per heavy atom. The second-order valence-electron chi connectivity index (χ2n) is 2.16. The number of nitrogens with zero attached hydrogens (tertiary/aromatic N) is 1. The fourth-order valence-electron chi connectivity index (χ4n) is 0.658. The van der Waals surface area contributed by atoms with E-state index in [9.17, 15) is 4.79 Å². The molecule has 0 radical (unpaired) electrons. The molecule has 0 fully saturated rings. The van der Waals surface area contributed by atoms with Gasteiger partial charge in [0.25, 0.3) is 0 Å². The van der Waals surface area contributed by atoms with Crippen LogP contribution in [0.1, 0.15) is 0 Å². The third kappa shape index (κ3) is 3.16. The first-order chi connectivity index (χ1) is 6.20. The number of rotatable bonds is 3. The molecular formula is C8H8N2O2S. The van der Waals surface area contributed by atoms with Crippen molar-refractivity contribution in [3.63, 3.8) is 0 Å². The van der Waals surface area contributed by atoms with Crippen molar-refractivity contribution in [2.75, 3.05) is 5.73 Å². The molecule has 0 spiro atoms. The summed E-state index contributed by atoms with van der Waals surface area (Å²) in [4.78, 5) is 14.1. The maximum absolute atomic E-state index is 10.1. The van der Waals surface area contributed by atoms with Crippen LogP contribution < -0.4 is 5.73 Å². The van der Waals surface area contributed by atoms with E-state index in [2.05, 4.69) is 4.98 Å². The first kappa shape index (κ1) is 9.60. The van der Waals surface area contributed by atoms with E-state index in [1.807, 2.05) is 0 Å². The molecule has 0 aliphatic heterocycles. The van der Waals surface area contributed by atoms with Gasteiger partial charge in [-0.3, -0.25) is 0 Å². The molecule has 0 atom stereocenters. The van der Waals surface area contributed by atoms with Gasteiger partial charge in [-0.15, -0.1) is 0 Å². The minimum absolute atomic E-state index is 0.544. The molecule has 0 unspecified atom stereocenters. The maximum atomic E-state index is 10.1. The second-order valence-corrected chi connectivity index (χ2v) is 3.05. The van der Waals surface area contributed by atoms with Gasteiger partial charge in [0.05, 0.1) is 5.69 Å². The van der Waals surface area contributed by atoms with Crippen LogP contribution in [0.4, 0.5) is 5.69 Å². The summed E-state index contributed by atoms with van der Waals surface area (Å²) in [5.41, 5.74) is 6.12. The Kier molecular flexibility index (Phi) is 3.33. The predicted octanol–water partition coefficient (Wildman–Crippen LogP) is 1.35. The number of aliphatic carboxylic acids is 1. The van der Waals surface area contributed by atoms with Crippen LogP contribution in [0.2, 0.25) is 0 Å². The number of aromatic nitrogens is 1. The highest BCUT2D eigenvalue weighted by atomic mass is 32.2. The van der Waals surface area contributed by atoms with Crippen LogP contribution in [0, 0.1) is 0 Å². The van der Waals surface area contributed by atoms with Gasteiger partial charge in [-0.1, -0.05) is 11.8 Å². The highest BCUT2D eigenvalue weighted by molar-refractivity contribution is 8.02. The van der Waals surface area contributed by atoms with Gasteiger partial charge in [-0.25, -0.2) is 9.78 Å². The van der Waals surface area contributed by atoms with Gasteiger partial charge in [0.2, 0.25) is 0 Å². The Morgan fingerprint density at radius 1 is 1.69 bits per heavy atom. The summed E-state index contributed by atoms with van der Waals surface area (Å²) in [6, 6.07) is 3.43. The molecule has 13 heavy (non-hydrogen) atoms. The van der Waals surface area contributed by atoms with Crippen LogP contribution in [-0.4, -0.2) is 16.1 Å². The topological polar surface area (TPSA) is 76.2 Å². The van der Waals surface area contributed by atoms with Crippen LogP contribution in [0.3, 0.4) is 0 Å². The molecule has 4 nitrogen and oxygen atoms in total. The lowest BCUT2D eigenvalue weighted by Gasteiger charge is -1.97. The summed E-state index contributed by atoms with van der Waals surface area (Å²) < 4.78 is 0. The molecule has 1 heterocycles. The van der Waals surface area contributed by atoms with Crippen molar-refractivity contribution in [1.82, 2.24) is 4.98 Å². The maximum Gasteiger partial charge on any atom is 0.328 e. The SMILES string of the molecule is Nc1cccnc1SC=CC(=O)O. The number of anilines is 1. The Morgan fingerprint density at radius 2 is 2.46 bits per heavy atom.